The molecule has 1 fully saturated rings. The van der Waals surface area contributed by atoms with Crippen LogP contribution in [-0.4, -0.2) is 53.4 Å². The van der Waals surface area contributed by atoms with E-state index in [9.17, 15) is 8.42 Å². The fraction of sp³-hybridized carbons (Fsp3) is 0.625. The summed E-state index contributed by atoms with van der Waals surface area (Å²) in [7, 11) is -0.0215. The van der Waals surface area contributed by atoms with E-state index in [0.29, 0.717) is 18.0 Å². The Kier molecular flexibility index (Phi) is 6.26. The van der Waals surface area contributed by atoms with Crippen molar-refractivity contribution in [2.75, 3.05) is 40.1 Å². The first kappa shape index (κ1) is 18.0. The molecular formula is C16H26N2O4S. The van der Waals surface area contributed by atoms with Crippen LogP contribution in [0.1, 0.15) is 30.9 Å². The minimum absolute atomic E-state index is 0.00942. The van der Waals surface area contributed by atoms with Gasteiger partial charge in [-0.2, -0.15) is 0 Å². The molecule has 0 saturated carbocycles. The molecule has 0 aliphatic carbocycles. The Hall–Kier alpha value is -1.31. The second-order valence-electron chi connectivity index (χ2n) is 5.85. The number of ether oxygens (including phenoxy) is 2. The van der Waals surface area contributed by atoms with Crippen molar-refractivity contribution in [2.24, 2.45) is 0 Å². The van der Waals surface area contributed by atoms with Crippen LogP contribution in [0.15, 0.2) is 18.2 Å². The van der Waals surface area contributed by atoms with Gasteiger partial charge in [0.25, 0.3) is 0 Å². The Balaban J connectivity index is 2.27. The third-order valence-corrected chi connectivity index (χ3v) is 4.85. The largest absolute Gasteiger partial charge is 0.493 e. The van der Waals surface area contributed by atoms with E-state index in [-0.39, 0.29) is 6.04 Å². The van der Waals surface area contributed by atoms with Crippen LogP contribution in [0.5, 0.6) is 11.5 Å². The smallest absolute Gasteiger partial charge is 0.208 e. The van der Waals surface area contributed by atoms with E-state index in [1.165, 1.54) is 12.7 Å². The van der Waals surface area contributed by atoms with E-state index >= 15 is 0 Å². The lowest BCUT2D eigenvalue weighted by Crippen LogP contribution is -2.40. The number of sulfonamides is 1. The molecule has 2 rings (SSSR count). The van der Waals surface area contributed by atoms with E-state index in [2.05, 4.69) is 9.62 Å². The van der Waals surface area contributed by atoms with Gasteiger partial charge in [0.2, 0.25) is 10.0 Å². The number of hydrogen-bond acceptors (Lipinski definition) is 5. The maximum atomic E-state index is 11.5. The topological polar surface area (TPSA) is 67.9 Å². The Bertz CT molecular complexity index is 613. The summed E-state index contributed by atoms with van der Waals surface area (Å²) in [5.41, 5.74) is 1.03. The lowest BCUT2D eigenvalue weighted by atomic mass is 10.0. The molecule has 1 heterocycles. The van der Waals surface area contributed by atoms with Gasteiger partial charge in [-0.05, 0) is 43.6 Å². The molecule has 0 spiro atoms. The maximum absolute atomic E-state index is 11.5. The summed E-state index contributed by atoms with van der Waals surface area (Å²) in [6.07, 6.45) is 4.70. The minimum atomic E-state index is -3.23. The minimum Gasteiger partial charge on any atom is -0.493 e. The third-order valence-electron chi connectivity index (χ3n) is 4.16. The first-order valence-corrected chi connectivity index (χ1v) is 9.74. The summed E-state index contributed by atoms with van der Waals surface area (Å²) >= 11 is 0. The van der Waals surface area contributed by atoms with E-state index in [4.69, 9.17) is 9.47 Å². The van der Waals surface area contributed by atoms with Crippen LogP contribution in [0.2, 0.25) is 0 Å². The highest BCUT2D eigenvalue weighted by atomic mass is 32.2. The monoisotopic (exact) mass is 342 g/mol. The molecule has 1 aromatic rings. The highest BCUT2D eigenvalue weighted by Crippen LogP contribution is 2.32. The van der Waals surface area contributed by atoms with Gasteiger partial charge in [-0.15, -0.1) is 0 Å². The lowest BCUT2D eigenvalue weighted by Gasteiger charge is -2.35. The van der Waals surface area contributed by atoms with Gasteiger partial charge in [0.15, 0.2) is 11.5 Å². The standard InChI is InChI=1S/C16H26N2O4S/c1-21-15-8-7-13(11-16(15)22-2)14(12-17-23(3,19)20)18-9-5-4-6-10-18/h7-8,11,14,17H,4-6,9-10,12H2,1-3H3. The predicted octanol–water partition coefficient (Wildman–Crippen LogP) is 1.78. The molecule has 1 N–H and O–H groups in total. The first-order valence-electron chi connectivity index (χ1n) is 7.85. The van der Waals surface area contributed by atoms with Gasteiger partial charge >= 0.3 is 0 Å². The van der Waals surface area contributed by atoms with Gasteiger partial charge in [-0.25, -0.2) is 13.1 Å². The van der Waals surface area contributed by atoms with Crippen molar-refractivity contribution in [3.8, 4) is 11.5 Å². The molecule has 1 aromatic carbocycles. The molecule has 1 aliphatic heterocycles. The Morgan fingerprint density at radius 1 is 1.13 bits per heavy atom. The van der Waals surface area contributed by atoms with Gasteiger partial charge in [-0.3, -0.25) is 4.90 Å². The van der Waals surface area contributed by atoms with Crippen molar-refractivity contribution in [2.45, 2.75) is 25.3 Å². The Morgan fingerprint density at radius 2 is 1.78 bits per heavy atom. The number of hydrogen-bond donors (Lipinski definition) is 1. The van der Waals surface area contributed by atoms with Crippen molar-refractivity contribution in [1.82, 2.24) is 9.62 Å². The molecule has 0 amide bonds. The summed E-state index contributed by atoms with van der Waals surface area (Å²) in [4.78, 5) is 2.34. The van der Waals surface area contributed by atoms with E-state index in [1.54, 1.807) is 14.2 Å². The number of likely N-dealkylation sites (tertiary alicyclic amines) is 1. The van der Waals surface area contributed by atoms with Gasteiger partial charge in [0, 0.05) is 12.6 Å². The molecular weight excluding hydrogens is 316 g/mol. The zero-order valence-electron chi connectivity index (χ0n) is 14.0. The molecule has 130 valence electrons. The predicted molar refractivity (Wildman–Crippen MR) is 90.6 cm³/mol. The molecule has 0 radical (unpaired) electrons. The third kappa shape index (κ3) is 5.09. The van der Waals surface area contributed by atoms with Gasteiger partial charge < -0.3 is 9.47 Å². The van der Waals surface area contributed by atoms with Crippen molar-refractivity contribution >= 4 is 10.0 Å². The quantitative estimate of drug-likeness (QED) is 0.818. The maximum Gasteiger partial charge on any atom is 0.208 e. The van der Waals surface area contributed by atoms with Gasteiger partial charge in [0.05, 0.1) is 20.5 Å². The number of rotatable bonds is 7. The van der Waals surface area contributed by atoms with Crippen LogP contribution in [0, 0.1) is 0 Å². The SMILES string of the molecule is COc1ccc(C(CNS(C)(=O)=O)N2CCCCC2)cc1OC. The van der Waals surface area contributed by atoms with Gasteiger partial charge in [0.1, 0.15) is 0 Å². The second kappa shape index (κ2) is 7.99. The summed E-state index contributed by atoms with van der Waals surface area (Å²) in [5.74, 6) is 1.33. The first-order chi connectivity index (χ1) is 10.9. The lowest BCUT2D eigenvalue weighted by molar-refractivity contribution is 0.164. The molecule has 6 nitrogen and oxygen atoms in total. The van der Waals surface area contributed by atoms with E-state index < -0.39 is 10.0 Å². The van der Waals surface area contributed by atoms with Crippen molar-refractivity contribution < 1.29 is 17.9 Å². The summed E-state index contributed by atoms with van der Waals surface area (Å²) < 4.78 is 36.3. The van der Waals surface area contributed by atoms with Crippen molar-refractivity contribution in [3.63, 3.8) is 0 Å². The highest BCUT2D eigenvalue weighted by Gasteiger charge is 2.24. The fourth-order valence-corrected chi connectivity index (χ4v) is 3.44. The molecule has 1 aliphatic rings. The zero-order valence-corrected chi connectivity index (χ0v) is 14.9. The van der Waals surface area contributed by atoms with E-state index in [1.807, 2.05) is 18.2 Å². The zero-order chi connectivity index (χ0) is 16.9. The normalized spacial score (nSPS) is 17.7. The van der Waals surface area contributed by atoms with E-state index in [0.717, 1.165) is 31.5 Å². The Morgan fingerprint density at radius 3 is 2.35 bits per heavy atom. The average Bonchev–Trinajstić information content (AvgIpc) is 2.54. The fourth-order valence-electron chi connectivity index (χ4n) is 2.98. The Labute approximate surface area is 138 Å². The summed E-state index contributed by atoms with van der Waals surface area (Å²) in [5, 5.41) is 0. The van der Waals surface area contributed by atoms with Crippen molar-refractivity contribution in [3.05, 3.63) is 23.8 Å². The number of methoxy groups -OCH3 is 2. The summed E-state index contributed by atoms with van der Waals surface area (Å²) in [6.45, 7) is 2.31. The number of nitrogens with zero attached hydrogens (tertiary/aromatic N) is 1. The molecule has 23 heavy (non-hydrogen) atoms. The number of nitrogens with one attached hydrogen (secondary N) is 1. The molecule has 1 unspecified atom stereocenters. The number of benzene rings is 1. The van der Waals surface area contributed by atoms with Crippen LogP contribution in [-0.2, 0) is 10.0 Å². The summed E-state index contributed by atoms with van der Waals surface area (Å²) in [6, 6.07) is 5.77. The number of piperidine rings is 1. The van der Waals surface area contributed by atoms with Crippen LogP contribution in [0.4, 0.5) is 0 Å². The van der Waals surface area contributed by atoms with Crippen LogP contribution >= 0.6 is 0 Å². The molecule has 1 saturated heterocycles. The second-order valence-corrected chi connectivity index (χ2v) is 7.68. The van der Waals surface area contributed by atoms with Crippen LogP contribution in [0.3, 0.4) is 0 Å². The van der Waals surface area contributed by atoms with Crippen LogP contribution < -0.4 is 14.2 Å². The average molecular weight is 342 g/mol. The molecule has 0 bridgehead atoms. The molecule has 1 atom stereocenters. The highest BCUT2D eigenvalue weighted by molar-refractivity contribution is 7.88. The van der Waals surface area contributed by atoms with Crippen molar-refractivity contribution in [1.29, 1.82) is 0 Å². The van der Waals surface area contributed by atoms with Gasteiger partial charge in [-0.1, -0.05) is 12.5 Å². The molecule has 7 heteroatoms. The van der Waals surface area contributed by atoms with Crippen LogP contribution in [0.25, 0.3) is 0 Å². The molecule has 0 aromatic heterocycles.